The molecule has 20 heavy (non-hydrogen) atoms. The second-order valence-corrected chi connectivity index (χ2v) is 5.51. The summed E-state index contributed by atoms with van der Waals surface area (Å²) in [7, 11) is 0. The van der Waals surface area contributed by atoms with Gasteiger partial charge < -0.3 is 9.67 Å². The van der Waals surface area contributed by atoms with Gasteiger partial charge in [-0.15, -0.1) is 0 Å². The number of carbonyl (C=O) groups is 1. The number of aromatic nitrogens is 1. The first-order chi connectivity index (χ1) is 9.69. The average molecular weight is 272 g/mol. The van der Waals surface area contributed by atoms with Gasteiger partial charge in [0.2, 0.25) is 0 Å². The molecule has 0 radical (unpaired) electrons. The molecule has 1 saturated heterocycles. The van der Waals surface area contributed by atoms with Crippen molar-refractivity contribution in [1.29, 1.82) is 0 Å². The van der Waals surface area contributed by atoms with E-state index < -0.39 is 5.97 Å². The second kappa shape index (κ2) is 5.29. The monoisotopic (exact) mass is 272 g/mol. The van der Waals surface area contributed by atoms with Gasteiger partial charge in [0.1, 0.15) is 0 Å². The number of rotatable bonds is 4. The van der Waals surface area contributed by atoms with E-state index in [1.807, 2.05) is 0 Å². The van der Waals surface area contributed by atoms with Crippen LogP contribution in [0.1, 0.15) is 18.9 Å². The molecule has 0 amide bonds. The number of hydrogen-bond donors (Lipinski definition) is 1. The van der Waals surface area contributed by atoms with Crippen LogP contribution in [0.25, 0.3) is 10.9 Å². The zero-order chi connectivity index (χ0) is 14.1. The lowest BCUT2D eigenvalue weighted by molar-refractivity contribution is -0.141. The summed E-state index contributed by atoms with van der Waals surface area (Å²) in [6.07, 6.45) is 2.89. The molecule has 1 fully saturated rings. The Morgan fingerprint density at radius 2 is 2.25 bits per heavy atom. The molecule has 1 N–H and O–H groups in total. The quantitative estimate of drug-likeness (QED) is 0.930. The summed E-state index contributed by atoms with van der Waals surface area (Å²) >= 11 is 0. The fourth-order valence-corrected chi connectivity index (χ4v) is 3.12. The van der Waals surface area contributed by atoms with Gasteiger partial charge in [0.05, 0.1) is 5.92 Å². The Kier molecular flexibility index (Phi) is 3.49. The van der Waals surface area contributed by atoms with Gasteiger partial charge in [-0.3, -0.25) is 9.69 Å². The third kappa shape index (κ3) is 2.31. The van der Waals surface area contributed by atoms with Gasteiger partial charge in [-0.2, -0.15) is 0 Å². The van der Waals surface area contributed by atoms with Crippen LogP contribution in [0.2, 0.25) is 0 Å². The molecule has 4 heteroatoms. The number of carboxylic acids is 1. The Hall–Kier alpha value is -1.81. The topological polar surface area (TPSA) is 45.5 Å². The van der Waals surface area contributed by atoms with E-state index >= 15 is 0 Å². The van der Waals surface area contributed by atoms with Crippen LogP contribution in [0, 0.1) is 5.92 Å². The van der Waals surface area contributed by atoms with Crippen LogP contribution in [-0.2, 0) is 17.9 Å². The van der Waals surface area contributed by atoms with Crippen molar-refractivity contribution in [2.24, 2.45) is 5.92 Å². The molecule has 1 atom stereocenters. The predicted molar refractivity (Wildman–Crippen MR) is 78.6 cm³/mol. The highest BCUT2D eigenvalue weighted by Crippen LogP contribution is 2.24. The Labute approximate surface area is 118 Å². The van der Waals surface area contributed by atoms with Crippen molar-refractivity contribution in [2.75, 3.05) is 13.1 Å². The molecule has 0 aliphatic carbocycles. The van der Waals surface area contributed by atoms with Gasteiger partial charge in [-0.25, -0.2) is 0 Å². The first-order valence-electron chi connectivity index (χ1n) is 7.21. The van der Waals surface area contributed by atoms with Crippen LogP contribution in [-0.4, -0.2) is 33.6 Å². The van der Waals surface area contributed by atoms with Gasteiger partial charge in [0, 0.05) is 36.7 Å². The van der Waals surface area contributed by atoms with Crippen molar-refractivity contribution in [3.63, 3.8) is 0 Å². The minimum atomic E-state index is -0.664. The molecule has 4 nitrogen and oxygen atoms in total. The normalized spacial score (nSPS) is 19.8. The summed E-state index contributed by atoms with van der Waals surface area (Å²) in [6.45, 7) is 5.50. The third-order valence-corrected chi connectivity index (χ3v) is 4.26. The molecular formula is C16H20N2O2. The molecular weight excluding hydrogens is 252 g/mol. The molecule has 0 spiro atoms. The highest BCUT2D eigenvalue weighted by Gasteiger charge is 2.28. The minimum Gasteiger partial charge on any atom is -0.481 e. The molecule has 1 aromatic heterocycles. The van der Waals surface area contributed by atoms with E-state index in [1.165, 1.54) is 16.5 Å². The van der Waals surface area contributed by atoms with E-state index in [1.54, 1.807) is 0 Å². The molecule has 1 aromatic carbocycles. The fraction of sp³-hybridized carbons (Fsp3) is 0.438. The van der Waals surface area contributed by atoms with Crippen molar-refractivity contribution in [3.8, 4) is 0 Å². The first-order valence-corrected chi connectivity index (χ1v) is 7.21. The van der Waals surface area contributed by atoms with Crippen LogP contribution in [0.3, 0.4) is 0 Å². The molecule has 2 aromatic rings. The zero-order valence-electron chi connectivity index (χ0n) is 11.7. The van der Waals surface area contributed by atoms with Crippen LogP contribution >= 0.6 is 0 Å². The summed E-state index contributed by atoms with van der Waals surface area (Å²) in [4.78, 5) is 13.3. The Bertz CT molecular complexity index is 632. The molecule has 2 heterocycles. The van der Waals surface area contributed by atoms with Crippen molar-refractivity contribution in [3.05, 3.63) is 36.0 Å². The number of hydrogen-bond acceptors (Lipinski definition) is 2. The van der Waals surface area contributed by atoms with Crippen LogP contribution < -0.4 is 0 Å². The molecule has 3 rings (SSSR count). The molecule has 0 bridgehead atoms. The van der Waals surface area contributed by atoms with Gasteiger partial charge in [-0.1, -0.05) is 12.1 Å². The lowest BCUT2D eigenvalue weighted by Gasteiger charge is -2.16. The number of fused-ring (bicyclic) bond motifs is 1. The van der Waals surface area contributed by atoms with E-state index in [-0.39, 0.29) is 5.92 Å². The van der Waals surface area contributed by atoms with Gasteiger partial charge in [0.25, 0.3) is 0 Å². The summed E-state index contributed by atoms with van der Waals surface area (Å²) in [5, 5.41) is 10.4. The van der Waals surface area contributed by atoms with Crippen molar-refractivity contribution in [2.45, 2.75) is 26.4 Å². The molecule has 1 unspecified atom stereocenters. The highest BCUT2D eigenvalue weighted by atomic mass is 16.4. The predicted octanol–water partition coefficient (Wildman–Crippen LogP) is 2.57. The van der Waals surface area contributed by atoms with Crippen LogP contribution in [0.5, 0.6) is 0 Å². The Balaban J connectivity index is 1.81. The lowest BCUT2D eigenvalue weighted by atomic mass is 10.1. The highest BCUT2D eigenvalue weighted by molar-refractivity contribution is 5.83. The van der Waals surface area contributed by atoms with Gasteiger partial charge >= 0.3 is 5.97 Å². The lowest BCUT2D eigenvalue weighted by Crippen LogP contribution is -2.22. The standard InChI is InChI=1S/C16H20N2O2/c1-2-18-9-7-14-12(4-3-5-15(14)18)10-17-8-6-13(11-17)16(19)20/h3-5,7,9,13H,2,6,8,10-11H2,1H3,(H,19,20). The average Bonchev–Trinajstić information content (AvgIpc) is 3.05. The van der Waals surface area contributed by atoms with Crippen molar-refractivity contribution >= 4 is 16.9 Å². The number of likely N-dealkylation sites (tertiary alicyclic amines) is 1. The fourth-order valence-electron chi connectivity index (χ4n) is 3.12. The Morgan fingerprint density at radius 3 is 2.95 bits per heavy atom. The Morgan fingerprint density at radius 1 is 1.40 bits per heavy atom. The third-order valence-electron chi connectivity index (χ3n) is 4.26. The largest absolute Gasteiger partial charge is 0.481 e. The van der Waals surface area contributed by atoms with E-state index in [0.717, 1.165) is 26.1 Å². The number of nitrogens with zero attached hydrogens (tertiary/aromatic N) is 2. The minimum absolute atomic E-state index is 0.200. The number of aliphatic carboxylic acids is 1. The van der Waals surface area contributed by atoms with Gasteiger partial charge in [0.15, 0.2) is 0 Å². The zero-order valence-corrected chi connectivity index (χ0v) is 11.7. The van der Waals surface area contributed by atoms with E-state index in [2.05, 4.69) is 46.9 Å². The molecule has 1 aliphatic heterocycles. The molecule has 0 saturated carbocycles. The summed E-state index contributed by atoms with van der Waals surface area (Å²) in [5.74, 6) is -0.864. The maximum Gasteiger partial charge on any atom is 0.307 e. The molecule has 1 aliphatic rings. The van der Waals surface area contributed by atoms with E-state index in [9.17, 15) is 4.79 Å². The SMILES string of the molecule is CCn1ccc2c(CN3CCC(C(=O)O)C3)cccc21. The van der Waals surface area contributed by atoms with Crippen LogP contribution in [0.15, 0.2) is 30.5 Å². The van der Waals surface area contributed by atoms with E-state index in [4.69, 9.17) is 5.11 Å². The second-order valence-electron chi connectivity index (χ2n) is 5.51. The number of carboxylic acid groups (broad SMARTS) is 1. The maximum absolute atomic E-state index is 11.0. The van der Waals surface area contributed by atoms with Gasteiger partial charge in [-0.05, 0) is 37.6 Å². The summed E-state index contributed by atoms with van der Waals surface area (Å²) in [6, 6.07) is 8.55. The van der Waals surface area contributed by atoms with E-state index in [0.29, 0.717) is 6.54 Å². The maximum atomic E-state index is 11.0. The first kappa shape index (κ1) is 13.2. The smallest absolute Gasteiger partial charge is 0.307 e. The summed E-state index contributed by atoms with van der Waals surface area (Å²) < 4.78 is 2.24. The molecule has 106 valence electrons. The van der Waals surface area contributed by atoms with Crippen LogP contribution in [0.4, 0.5) is 0 Å². The van der Waals surface area contributed by atoms with Crippen molar-refractivity contribution < 1.29 is 9.90 Å². The van der Waals surface area contributed by atoms with Crippen molar-refractivity contribution in [1.82, 2.24) is 9.47 Å². The number of aryl methyl sites for hydroxylation is 1. The summed E-state index contributed by atoms with van der Waals surface area (Å²) in [5.41, 5.74) is 2.56. The number of benzene rings is 1.